The number of benzene rings is 1. The number of carbonyl (C=O) groups excluding carboxylic acids is 3. The van der Waals surface area contributed by atoms with Gasteiger partial charge in [-0.25, -0.2) is 9.59 Å². The van der Waals surface area contributed by atoms with E-state index in [0.717, 1.165) is 0 Å². The van der Waals surface area contributed by atoms with Gasteiger partial charge in [0.2, 0.25) is 5.54 Å². The summed E-state index contributed by atoms with van der Waals surface area (Å²) in [5, 5.41) is 2.39. The fraction of sp³-hybridized carbons (Fsp3) is 0.400. The molecule has 0 aromatic heterocycles. The predicted octanol–water partition coefficient (Wildman–Crippen LogP) is 1.30. The lowest BCUT2D eigenvalue weighted by Gasteiger charge is -2.26. The van der Waals surface area contributed by atoms with E-state index in [9.17, 15) is 14.4 Å². The third kappa shape index (κ3) is 4.05. The molecule has 0 atom stereocenters. The molecule has 0 spiro atoms. The van der Waals surface area contributed by atoms with Crippen LogP contribution in [0, 0.1) is 0 Å². The molecule has 1 N–H and O–H groups in total. The molecule has 0 aliphatic heterocycles. The molecule has 0 bridgehead atoms. The number of hydrogen-bond donors (Lipinski definition) is 1. The van der Waals surface area contributed by atoms with Gasteiger partial charge in [0.25, 0.3) is 5.91 Å². The van der Waals surface area contributed by atoms with Crippen molar-refractivity contribution in [3.8, 4) is 0 Å². The Morgan fingerprint density at radius 3 is 1.90 bits per heavy atom. The first-order chi connectivity index (χ1) is 9.95. The van der Waals surface area contributed by atoms with Gasteiger partial charge in [-0.3, -0.25) is 4.79 Å². The summed E-state index contributed by atoms with van der Waals surface area (Å²) in [4.78, 5) is 36.2. The van der Waals surface area contributed by atoms with Gasteiger partial charge in [-0.05, 0) is 32.9 Å². The van der Waals surface area contributed by atoms with Crippen LogP contribution >= 0.6 is 0 Å². The quantitative estimate of drug-likeness (QED) is 0.631. The molecular formula is C15H19NO5. The number of nitrogens with one attached hydrogen (secondary N) is 1. The van der Waals surface area contributed by atoms with Crippen molar-refractivity contribution < 1.29 is 23.9 Å². The summed E-state index contributed by atoms with van der Waals surface area (Å²) in [5.74, 6) is -2.26. The van der Waals surface area contributed by atoms with Gasteiger partial charge in [0, 0.05) is 5.56 Å². The normalized spacial score (nSPS) is 10.6. The molecule has 0 radical (unpaired) electrons. The van der Waals surface area contributed by atoms with Crippen molar-refractivity contribution in [3.05, 3.63) is 35.9 Å². The van der Waals surface area contributed by atoms with E-state index in [1.807, 2.05) is 0 Å². The highest BCUT2D eigenvalue weighted by atomic mass is 16.6. The van der Waals surface area contributed by atoms with Gasteiger partial charge in [-0.1, -0.05) is 18.2 Å². The number of rotatable bonds is 6. The van der Waals surface area contributed by atoms with Crippen LogP contribution in [-0.2, 0) is 19.1 Å². The summed E-state index contributed by atoms with van der Waals surface area (Å²) < 4.78 is 9.71. The van der Waals surface area contributed by atoms with E-state index in [4.69, 9.17) is 9.47 Å². The average molecular weight is 293 g/mol. The zero-order chi connectivity index (χ0) is 15.9. The Balaban J connectivity index is 2.99. The molecule has 0 fully saturated rings. The Labute approximate surface area is 123 Å². The summed E-state index contributed by atoms with van der Waals surface area (Å²) in [5.41, 5.74) is -1.55. The molecule has 1 aromatic carbocycles. The fourth-order valence-corrected chi connectivity index (χ4v) is 1.63. The second-order valence-electron chi connectivity index (χ2n) is 4.39. The molecule has 6 heteroatoms. The van der Waals surface area contributed by atoms with Gasteiger partial charge >= 0.3 is 11.9 Å². The molecule has 1 amide bonds. The highest BCUT2D eigenvalue weighted by Gasteiger charge is 2.46. The monoisotopic (exact) mass is 293 g/mol. The van der Waals surface area contributed by atoms with Crippen molar-refractivity contribution in [2.24, 2.45) is 0 Å². The minimum absolute atomic E-state index is 0.0923. The predicted molar refractivity (Wildman–Crippen MR) is 75.6 cm³/mol. The first-order valence-corrected chi connectivity index (χ1v) is 6.67. The summed E-state index contributed by atoms with van der Waals surface area (Å²) in [6, 6.07) is 8.27. The lowest BCUT2D eigenvalue weighted by atomic mass is 10.0. The number of hydrogen-bond acceptors (Lipinski definition) is 5. The van der Waals surface area contributed by atoms with Crippen molar-refractivity contribution in [2.45, 2.75) is 26.3 Å². The van der Waals surface area contributed by atoms with E-state index in [1.54, 1.807) is 44.2 Å². The van der Waals surface area contributed by atoms with Gasteiger partial charge in [0.1, 0.15) is 0 Å². The number of amides is 1. The second-order valence-corrected chi connectivity index (χ2v) is 4.39. The Hall–Kier alpha value is -2.37. The van der Waals surface area contributed by atoms with Gasteiger partial charge in [-0.15, -0.1) is 0 Å². The Bertz CT molecular complexity index is 494. The van der Waals surface area contributed by atoms with Gasteiger partial charge in [-0.2, -0.15) is 0 Å². The lowest BCUT2D eigenvalue weighted by Crippen LogP contribution is -2.59. The number of carbonyl (C=O) groups is 3. The molecule has 0 unspecified atom stereocenters. The molecule has 0 aliphatic carbocycles. The highest BCUT2D eigenvalue weighted by molar-refractivity contribution is 6.09. The Morgan fingerprint density at radius 1 is 1.00 bits per heavy atom. The maximum atomic E-state index is 12.2. The van der Waals surface area contributed by atoms with Crippen LogP contribution in [0.15, 0.2) is 30.3 Å². The van der Waals surface area contributed by atoms with Crippen LogP contribution in [0.1, 0.15) is 31.1 Å². The molecule has 1 rings (SSSR count). The van der Waals surface area contributed by atoms with E-state index in [-0.39, 0.29) is 13.2 Å². The third-order valence-electron chi connectivity index (χ3n) is 2.77. The maximum absolute atomic E-state index is 12.2. The van der Waals surface area contributed by atoms with E-state index in [2.05, 4.69) is 5.32 Å². The Morgan fingerprint density at radius 2 is 1.48 bits per heavy atom. The highest BCUT2D eigenvalue weighted by Crippen LogP contribution is 2.12. The van der Waals surface area contributed by atoms with Gasteiger partial charge < -0.3 is 14.8 Å². The Kier molecular flexibility index (Phi) is 5.90. The largest absolute Gasteiger partial charge is 0.464 e. The van der Waals surface area contributed by atoms with Crippen LogP contribution in [0.2, 0.25) is 0 Å². The fourth-order valence-electron chi connectivity index (χ4n) is 1.63. The van der Waals surface area contributed by atoms with Crippen LogP contribution in [0.4, 0.5) is 0 Å². The van der Waals surface area contributed by atoms with Crippen molar-refractivity contribution in [1.29, 1.82) is 0 Å². The molecular weight excluding hydrogens is 274 g/mol. The first kappa shape index (κ1) is 16.7. The molecule has 1 aromatic rings. The van der Waals surface area contributed by atoms with Crippen LogP contribution in [0.5, 0.6) is 0 Å². The van der Waals surface area contributed by atoms with E-state index in [0.29, 0.717) is 5.56 Å². The molecule has 0 saturated heterocycles. The van der Waals surface area contributed by atoms with E-state index in [1.165, 1.54) is 6.92 Å². The summed E-state index contributed by atoms with van der Waals surface area (Å²) in [6.45, 7) is 4.68. The van der Waals surface area contributed by atoms with Crippen molar-refractivity contribution in [2.75, 3.05) is 13.2 Å². The zero-order valence-electron chi connectivity index (χ0n) is 12.3. The first-order valence-electron chi connectivity index (χ1n) is 6.67. The van der Waals surface area contributed by atoms with Crippen molar-refractivity contribution in [1.82, 2.24) is 5.32 Å². The van der Waals surface area contributed by atoms with E-state index >= 15 is 0 Å². The molecule has 0 saturated carbocycles. The third-order valence-corrected chi connectivity index (χ3v) is 2.77. The number of esters is 2. The van der Waals surface area contributed by atoms with Gasteiger partial charge in [0.05, 0.1) is 13.2 Å². The molecule has 114 valence electrons. The lowest BCUT2D eigenvalue weighted by molar-refractivity contribution is -0.164. The van der Waals surface area contributed by atoms with Crippen LogP contribution in [0.3, 0.4) is 0 Å². The minimum Gasteiger partial charge on any atom is -0.464 e. The summed E-state index contributed by atoms with van der Waals surface area (Å²) >= 11 is 0. The van der Waals surface area contributed by atoms with E-state index < -0.39 is 23.4 Å². The second kappa shape index (κ2) is 7.42. The maximum Gasteiger partial charge on any atom is 0.343 e. The molecule has 0 aliphatic rings. The van der Waals surface area contributed by atoms with Crippen LogP contribution in [0.25, 0.3) is 0 Å². The zero-order valence-corrected chi connectivity index (χ0v) is 12.3. The average Bonchev–Trinajstić information content (AvgIpc) is 2.48. The smallest absolute Gasteiger partial charge is 0.343 e. The summed E-state index contributed by atoms with van der Waals surface area (Å²) in [6.07, 6.45) is 0. The SMILES string of the molecule is CCOC(=O)C(C)(NC(=O)c1ccccc1)C(=O)OCC. The van der Waals surface area contributed by atoms with Crippen LogP contribution in [-0.4, -0.2) is 36.6 Å². The minimum atomic E-state index is -1.88. The van der Waals surface area contributed by atoms with Gasteiger partial charge in [0.15, 0.2) is 0 Å². The standard InChI is InChI=1S/C15H19NO5/c1-4-20-13(18)15(3,14(19)21-5-2)16-12(17)11-9-7-6-8-10-11/h6-10H,4-5H2,1-3H3,(H,16,17). The molecule has 6 nitrogen and oxygen atoms in total. The molecule has 0 heterocycles. The topological polar surface area (TPSA) is 81.7 Å². The number of ether oxygens (including phenoxy) is 2. The van der Waals surface area contributed by atoms with Crippen molar-refractivity contribution >= 4 is 17.8 Å². The van der Waals surface area contributed by atoms with Crippen LogP contribution < -0.4 is 5.32 Å². The molecule has 21 heavy (non-hydrogen) atoms. The summed E-state index contributed by atoms with van der Waals surface area (Å²) in [7, 11) is 0. The van der Waals surface area contributed by atoms with Crippen molar-refractivity contribution in [3.63, 3.8) is 0 Å².